The summed E-state index contributed by atoms with van der Waals surface area (Å²) in [6.07, 6.45) is 0. The van der Waals surface area contributed by atoms with E-state index >= 15 is 0 Å². The molecule has 142 valence electrons. The van der Waals surface area contributed by atoms with E-state index < -0.39 is 15.6 Å². The van der Waals surface area contributed by atoms with Crippen LogP contribution in [0, 0.1) is 6.92 Å². The van der Waals surface area contributed by atoms with Crippen molar-refractivity contribution in [1.29, 1.82) is 0 Å². The number of hydrogen-bond acceptors (Lipinski definition) is 5. The number of anilines is 2. The zero-order valence-electron chi connectivity index (χ0n) is 15.5. The number of sulfonamides is 1. The van der Waals surface area contributed by atoms with Gasteiger partial charge in [0.05, 0.1) is 10.4 Å². The van der Waals surface area contributed by atoms with Gasteiger partial charge in [-0.2, -0.15) is 4.98 Å². The molecular formula is C19H21ClN4O2S. The first-order valence-corrected chi connectivity index (χ1v) is 10.3. The Labute approximate surface area is 164 Å². The molecule has 0 aliphatic rings. The van der Waals surface area contributed by atoms with Gasteiger partial charge in [0.25, 0.3) is 0 Å². The van der Waals surface area contributed by atoms with E-state index in [1.807, 2.05) is 24.3 Å². The van der Waals surface area contributed by atoms with Crippen LogP contribution in [0.5, 0.6) is 0 Å². The summed E-state index contributed by atoms with van der Waals surface area (Å²) in [6, 6.07) is 12.6. The lowest BCUT2D eigenvalue weighted by atomic mass is 10.1. The molecule has 0 amide bonds. The van der Waals surface area contributed by atoms with Crippen LogP contribution in [-0.2, 0) is 10.0 Å². The zero-order valence-corrected chi connectivity index (χ0v) is 17.1. The van der Waals surface area contributed by atoms with Crippen molar-refractivity contribution in [1.82, 2.24) is 14.7 Å². The first-order valence-electron chi connectivity index (χ1n) is 8.39. The second-order valence-corrected chi connectivity index (χ2v) is 9.31. The van der Waals surface area contributed by atoms with Gasteiger partial charge in [0.2, 0.25) is 15.3 Å². The average Bonchev–Trinajstić information content (AvgIpc) is 2.54. The Bertz CT molecular complexity index is 1110. The maximum Gasteiger partial charge on any atom is 0.241 e. The molecule has 2 aromatic carbocycles. The van der Waals surface area contributed by atoms with Gasteiger partial charge in [-0.3, -0.25) is 0 Å². The molecule has 6 nitrogen and oxygen atoms in total. The van der Waals surface area contributed by atoms with Crippen molar-refractivity contribution in [2.75, 3.05) is 5.32 Å². The summed E-state index contributed by atoms with van der Waals surface area (Å²) >= 11 is 6.02. The topological polar surface area (TPSA) is 84.0 Å². The number of aromatic nitrogens is 2. The summed E-state index contributed by atoms with van der Waals surface area (Å²) in [7, 11) is -3.66. The van der Waals surface area contributed by atoms with Crippen molar-refractivity contribution < 1.29 is 8.42 Å². The zero-order chi connectivity index (χ0) is 19.8. The van der Waals surface area contributed by atoms with E-state index in [0.29, 0.717) is 22.6 Å². The third-order valence-electron chi connectivity index (χ3n) is 3.76. The van der Waals surface area contributed by atoms with E-state index in [1.165, 1.54) is 0 Å². The van der Waals surface area contributed by atoms with Crippen molar-refractivity contribution in [3.63, 3.8) is 0 Å². The highest BCUT2D eigenvalue weighted by Crippen LogP contribution is 2.27. The number of benzene rings is 2. The van der Waals surface area contributed by atoms with Crippen molar-refractivity contribution in [3.05, 3.63) is 53.3 Å². The summed E-state index contributed by atoms with van der Waals surface area (Å²) in [5.74, 6) is 0.515. The van der Waals surface area contributed by atoms with Crippen molar-refractivity contribution in [3.8, 4) is 0 Å². The predicted molar refractivity (Wildman–Crippen MR) is 109 cm³/mol. The molecule has 0 aliphatic carbocycles. The van der Waals surface area contributed by atoms with E-state index in [-0.39, 0.29) is 10.2 Å². The van der Waals surface area contributed by atoms with Crippen molar-refractivity contribution >= 4 is 44.0 Å². The molecule has 0 atom stereocenters. The van der Waals surface area contributed by atoms with Gasteiger partial charge in [0.1, 0.15) is 5.82 Å². The molecule has 0 fully saturated rings. The van der Waals surface area contributed by atoms with Crippen molar-refractivity contribution in [2.45, 2.75) is 38.1 Å². The Hall–Kier alpha value is -2.22. The summed E-state index contributed by atoms with van der Waals surface area (Å²) in [4.78, 5) is 8.66. The second-order valence-electron chi connectivity index (χ2n) is 7.32. The van der Waals surface area contributed by atoms with Gasteiger partial charge in [-0.05, 0) is 69.1 Å². The highest BCUT2D eigenvalue weighted by atomic mass is 35.5. The lowest BCUT2D eigenvalue weighted by Crippen LogP contribution is -2.40. The Kier molecular flexibility index (Phi) is 5.12. The molecule has 0 saturated carbocycles. The molecule has 1 heterocycles. The van der Waals surface area contributed by atoms with Crippen LogP contribution in [0.2, 0.25) is 5.28 Å². The van der Waals surface area contributed by atoms with Crippen molar-refractivity contribution in [2.24, 2.45) is 0 Å². The van der Waals surface area contributed by atoms with Gasteiger partial charge < -0.3 is 5.32 Å². The Morgan fingerprint density at radius 1 is 1.04 bits per heavy atom. The minimum atomic E-state index is -3.66. The lowest BCUT2D eigenvalue weighted by molar-refractivity contribution is 0.491. The lowest BCUT2D eigenvalue weighted by Gasteiger charge is -2.21. The van der Waals surface area contributed by atoms with Gasteiger partial charge in [-0.1, -0.05) is 18.2 Å². The maximum absolute atomic E-state index is 12.8. The molecule has 27 heavy (non-hydrogen) atoms. The number of aryl methyl sites for hydroxylation is 1. The molecule has 0 unspecified atom stereocenters. The Morgan fingerprint density at radius 2 is 1.74 bits per heavy atom. The Morgan fingerprint density at radius 3 is 2.44 bits per heavy atom. The third-order valence-corrected chi connectivity index (χ3v) is 5.83. The van der Waals surface area contributed by atoms with Crippen LogP contribution in [0.25, 0.3) is 10.9 Å². The van der Waals surface area contributed by atoms with Crippen LogP contribution in [0.4, 0.5) is 11.5 Å². The number of para-hydroxylation sites is 1. The van der Waals surface area contributed by atoms with E-state index in [0.717, 1.165) is 5.39 Å². The third kappa shape index (κ3) is 4.55. The standard InChI is InChI=1S/C19H21ClN4O2S/c1-12-9-10-13(11-16(12)27(25,26)24-19(2,3)4)21-17-14-7-5-6-8-15(14)22-18(20)23-17/h5-11,24H,1-4H3,(H,21,22,23). The average molecular weight is 405 g/mol. The molecular weight excluding hydrogens is 384 g/mol. The summed E-state index contributed by atoms with van der Waals surface area (Å²) in [6.45, 7) is 7.17. The second kappa shape index (κ2) is 7.07. The van der Waals surface area contributed by atoms with Gasteiger partial charge >= 0.3 is 0 Å². The monoisotopic (exact) mass is 404 g/mol. The molecule has 0 bridgehead atoms. The molecule has 2 N–H and O–H groups in total. The number of hydrogen-bond donors (Lipinski definition) is 2. The van der Waals surface area contributed by atoms with Crippen LogP contribution in [-0.4, -0.2) is 23.9 Å². The van der Waals surface area contributed by atoms with Crippen LogP contribution in [0.15, 0.2) is 47.4 Å². The van der Waals surface area contributed by atoms with Crippen LogP contribution in [0.1, 0.15) is 26.3 Å². The normalized spacial score (nSPS) is 12.3. The number of fused-ring (bicyclic) bond motifs is 1. The van der Waals surface area contributed by atoms with Crippen LogP contribution in [0.3, 0.4) is 0 Å². The highest BCUT2D eigenvalue weighted by Gasteiger charge is 2.24. The van der Waals surface area contributed by atoms with Gasteiger partial charge in [-0.15, -0.1) is 0 Å². The van der Waals surface area contributed by atoms with E-state index in [1.54, 1.807) is 45.9 Å². The fourth-order valence-electron chi connectivity index (χ4n) is 2.71. The fourth-order valence-corrected chi connectivity index (χ4v) is 4.57. The molecule has 3 rings (SSSR count). The van der Waals surface area contributed by atoms with Crippen LogP contribution >= 0.6 is 11.6 Å². The van der Waals surface area contributed by atoms with E-state index in [2.05, 4.69) is 20.0 Å². The number of nitrogens with zero attached hydrogens (tertiary/aromatic N) is 2. The SMILES string of the molecule is Cc1ccc(Nc2nc(Cl)nc3ccccc23)cc1S(=O)(=O)NC(C)(C)C. The highest BCUT2D eigenvalue weighted by molar-refractivity contribution is 7.89. The quantitative estimate of drug-likeness (QED) is 0.629. The minimum Gasteiger partial charge on any atom is -0.340 e. The molecule has 0 saturated heterocycles. The number of nitrogens with one attached hydrogen (secondary N) is 2. The van der Waals surface area contributed by atoms with Gasteiger partial charge in [0.15, 0.2) is 0 Å². The number of halogens is 1. The van der Waals surface area contributed by atoms with E-state index in [4.69, 9.17) is 11.6 Å². The first kappa shape index (κ1) is 19.5. The maximum atomic E-state index is 12.8. The number of rotatable bonds is 4. The van der Waals surface area contributed by atoms with Gasteiger partial charge in [0, 0.05) is 16.6 Å². The molecule has 3 aromatic rings. The van der Waals surface area contributed by atoms with Gasteiger partial charge in [-0.25, -0.2) is 18.1 Å². The fraction of sp³-hybridized carbons (Fsp3) is 0.263. The molecule has 0 spiro atoms. The molecule has 1 aromatic heterocycles. The molecule has 0 aliphatic heterocycles. The molecule has 0 radical (unpaired) electrons. The summed E-state index contributed by atoms with van der Waals surface area (Å²) < 4.78 is 28.2. The van der Waals surface area contributed by atoms with Crippen LogP contribution < -0.4 is 10.0 Å². The minimum absolute atomic E-state index is 0.116. The van der Waals surface area contributed by atoms with E-state index in [9.17, 15) is 8.42 Å². The predicted octanol–water partition coefficient (Wildman–Crippen LogP) is 4.41. The molecule has 8 heteroatoms. The first-order chi connectivity index (χ1) is 12.5. The smallest absolute Gasteiger partial charge is 0.241 e. The largest absolute Gasteiger partial charge is 0.340 e. The Balaban J connectivity index is 2.03. The summed E-state index contributed by atoms with van der Waals surface area (Å²) in [5, 5.41) is 4.07. The summed E-state index contributed by atoms with van der Waals surface area (Å²) in [5.41, 5.74) is 1.37.